The molecule has 23 heavy (non-hydrogen) atoms. The number of benzene rings is 1. The molecule has 0 radical (unpaired) electrons. The monoisotopic (exact) mass is 321 g/mol. The smallest absolute Gasteiger partial charge is 0.145 e. The normalized spacial score (nSPS) is 29.8. The van der Waals surface area contributed by atoms with Gasteiger partial charge in [-0.05, 0) is 43.0 Å². The number of hydrogen-bond acceptors (Lipinski definition) is 4. The Morgan fingerprint density at radius 1 is 1.04 bits per heavy atom. The van der Waals surface area contributed by atoms with E-state index in [0.717, 1.165) is 19.0 Å². The SMILES string of the molecule is Fc1ccc(OC2CO[C@H]3CN(CC4CCC4)C[C@@H]3OC2)cc1. The minimum absolute atomic E-state index is 0.133. The van der Waals surface area contributed by atoms with Gasteiger partial charge >= 0.3 is 0 Å². The molecule has 0 amide bonds. The van der Waals surface area contributed by atoms with E-state index in [2.05, 4.69) is 4.90 Å². The molecule has 4 nitrogen and oxygen atoms in total. The van der Waals surface area contributed by atoms with Gasteiger partial charge in [0.15, 0.2) is 0 Å². The topological polar surface area (TPSA) is 30.9 Å². The van der Waals surface area contributed by atoms with Crippen LogP contribution in [0.5, 0.6) is 5.75 Å². The fourth-order valence-corrected chi connectivity index (χ4v) is 3.61. The number of hydrogen-bond donors (Lipinski definition) is 0. The van der Waals surface area contributed by atoms with Crippen molar-refractivity contribution in [3.8, 4) is 5.75 Å². The molecule has 3 fully saturated rings. The number of nitrogens with zero attached hydrogens (tertiary/aromatic N) is 1. The summed E-state index contributed by atoms with van der Waals surface area (Å²) < 4.78 is 30.8. The third-order valence-electron chi connectivity index (χ3n) is 5.14. The molecule has 126 valence electrons. The molecule has 0 aromatic heterocycles. The van der Waals surface area contributed by atoms with E-state index in [1.807, 2.05) is 0 Å². The molecule has 2 aliphatic heterocycles. The first-order valence-electron chi connectivity index (χ1n) is 8.64. The van der Waals surface area contributed by atoms with E-state index < -0.39 is 0 Å². The molecular weight excluding hydrogens is 297 g/mol. The van der Waals surface area contributed by atoms with Crippen LogP contribution in [0.1, 0.15) is 19.3 Å². The molecule has 5 heteroatoms. The number of ether oxygens (including phenoxy) is 3. The zero-order valence-electron chi connectivity index (χ0n) is 13.3. The summed E-state index contributed by atoms with van der Waals surface area (Å²) in [7, 11) is 0. The summed E-state index contributed by atoms with van der Waals surface area (Å²) in [6, 6.07) is 6.09. The lowest BCUT2D eigenvalue weighted by molar-refractivity contribution is -0.00461. The minimum Gasteiger partial charge on any atom is -0.486 e. The highest BCUT2D eigenvalue weighted by atomic mass is 19.1. The van der Waals surface area contributed by atoms with Crippen molar-refractivity contribution in [3.05, 3.63) is 30.1 Å². The van der Waals surface area contributed by atoms with Gasteiger partial charge in [0.25, 0.3) is 0 Å². The molecule has 0 N–H and O–H groups in total. The first kappa shape index (κ1) is 15.4. The Morgan fingerprint density at radius 2 is 1.70 bits per heavy atom. The van der Waals surface area contributed by atoms with Gasteiger partial charge < -0.3 is 14.2 Å². The molecule has 0 bridgehead atoms. The lowest BCUT2D eigenvalue weighted by atomic mass is 9.85. The van der Waals surface area contributed by atoms with Gasteiger partial charge in [-0.3, -0.25) is 4.90 Å². The summed E-state index contributed by atoms with van der Waals surface area (Å²) in [5, 5.41) is 0. The molecule has 1 aromatic carbocycles. The van der Waals surface area contributed by atoms with E-state index in [9.17, 15) is 4.39 Å². The molecule has 0 unspecified atom stereocenters. The van der Waals surface area contributed by atoms with Crippen molar-refractivity contribution in [2.45, 2.75) is 37.6 Å². The summed E-state index contributed by atoms with van der Waals surface area (Å²) in [5.41, 5.74) is 0. The summed E-state index contributed by atoms with van der Waals surface area (Å²) >= 11 is 0. The molecule has 1 aromatic rings. The van der Waals surface area contributed by atoms with E-state index in [4.69, 9.17) is 14.2 Å². The maximum atomic E-state index is 12.9. The van der Waals surface area contributed by atoms with Crippen LogP contribution in [-0.2, 0) is 9.47 Å². The number of rotatable bonds is 4. The molecular formula is C18H24FNO3. The van der Waals surface area contributed by atoms with E-state index in [1.54, 1.807) is 12.1 Å². The molecule has 1 aliphatic carbocycles. The first-order chi connectivity index (χ1) is 11.3. The Bertz CT molecular complexity index is 504. The van der Waals surface area contributed by atoms with Crippen molar-refractivity contribution in [2.75, 3.05) is 32.8 Å². The zero-order chi connectivity index (χ0) is 15.6. The van der Waals surface area contributed by atoms with Crippen LogP contribution >= 0.6 is 0 Å². The first-order valence-corrected chi connectivity index (χ1v) is 8.64. The quantitative estimate of drug-likeness (QED) is 0.852. The zero-order valence-corrected chi connectivity index (χ0v) is 13.3. The van der Waals surface area contributed by atoms with E-state index in [0.29, 0.717) is 19.0 Å². The third kappa shape index (κ3) is 3.67. The molecule has 2 heterocycles. The largest absolute Gasteiger partial charge is 0.486 e. The van der Waals surface area contributed by atoms with E-state index >= 15 is 0 Å². The van der Waals surface area contributed by atoms with Crippen molar-refractivity contribution in [2.24, 2.45) is 5.92 Å². The number of likely N-dealkylation sites (tertiary alicyclic amines) is 1. The maximum Gasteiger partial charge on any atom is 0.145 e. The number of fused-ring (bicyclic) bond motifs is 1. The van der Waals surface area contributed by atoms with Crippen LogP contribution in [-0.4, -0.2) is 56.1 Å². The summed E-state index contributed by atoms with van der Waals surface area (Å²) in [6.45, 7) is 4.16. The van der Waals surface area contributed by atoms with Crippen LogP contribution in [0.4, 0.5) is 4.39 Å². The van der Waals surface area contributed by atoms with Crippen molar-refractivity contribution >= 4 is 0 Å². The van der Waals surface area contributed by atoms with Gasteiger partial charge in [-0.25, -0.2) is 4.39 Å². The lowest BCUT2D eigenvalue weighted by Crippen LogP contribution is -2.33. The Labute approximate surface area is 136 Å². The summed E-state index contributed by atoms with van der Waals surface area (Å²) in [5.74, 6) is 1.28. The highest BCUT2D eigenvalue weighted by Crippen LogP contribution is 2.30. The fourth-order valence-electron chi connectivity index (χ4n) is 3.61. The second kappa shape index (κ2) is 6.75. The Kier molecular flexibility index (Phi) is 4.51. The molecule has 3 aliphatic rings. The maximum absolute atomic E-state index is 12.9. The second-order valence-corrected chi connectivity index (χ2v) is 6.95. The van der Waals surface area contributed by atoms with Gasteiger partial charge in [0, 0.05) is 19.6 Å². The summed E-state index contributed by atoms with van der Waals surface area (Å²) in [6.07, 6.45) is 4.31. The number of halogens is 1. The van der Waals surface area contributed by atoms with E-state index in [-0.39, 0.29) is 24.1 Å². The van der Waals surface area contributed by atoms with Crippen LogP contribution < -0.4 is 4.74 Å². The second-order valence-electron chi connectivity index (χ2n) is 6.95. The van der Waals surface area contributed by atoms with E-state index in [1.165, 1.54) is 37.9 Å². The molecule has 2 saturated heterocycles. The van der Waals surface area contributed by atoms with Gasteiger partial charge in [0.05, 0.1) is 25.4 Å². The summed E-state index contributed by atoms with van der Waals surface area (Å²) in [4.78, 5) is 2.49. The predicted octanol–water partition coefficient (Wildman–Crippen LogP) is 2.47. The van der Waals surface area contributed by atoms with Gasteiger partial charge in [0.1, 0.15) is 17.7 Å². The van der Waals surface area contributed by atoms with Crippen molar-refractivity contribution < 1.29 is 18.6 Å². The average molecular weight is 321 g/mol. The Balaban J connectivity index is 1.28. The molecule has 0 spiro atoms. The highest BCUT2D eigenvalue weighted by molar-refractivity contribution is 5.22. The van der Waals surface area contributed by atoms with Crippen molar-refractivity contribution in [1.82, 2.24) is 4.90 Å². The third-order valence-corrected chi connectivity index (χ3v) is 5.14. The molecule has 4 rings (SSSR count). The highest BCUT2D eigenvalue weighted by Gasteiger charge is 2.38. The van der Waals surface area contributed by atoms with Crippen LogP contribution in [0.15, 0.2) is 24.3 Å². The lowest BCUT2D eigenvalue weighted by Gasteiger charge is -2.30. The van der Waals surface area contributed by atoms with Gasteiger partial charge in [-0.15, -0.1) is 0 Å². The van der Waals surface area contributed by atoms with Crippen LogP contribution in [0.25, 0.3) is 0 Å². The average Bonchev–Trinajstić information content (AvgIpc) is 2.81. The standard InChI is InChI=1S/C18H24FNO3/c19-14-4-6-15(7-5-14)23-16-11-21-17-9-20(8-13-2-1-3-13)10-18(17)22-12-16/h4-7,13,16-18H,1-3,8-12H2/t17-,18-/m0/s1. The van der Waals surface area contributed by atoms with Crippen LogP contribution in [0, 0.1) is 11.7 Å². The van der Waals surface area contributed by atoms with Crippen LogP contribution in [0.2, 0.25) is 0 Å². The van der Waals surface area contributed by atoms with Crippen molar-refractivity contribution in [3.63, 3.8) is 0 Å². The Morgan fingerprint density at radius 3 is 2.26 bits per heavy atom. The molecule has 1 saturated carbocycles. The van der Waals surface area contributed by atoms with Gasteiger partial charge in [0.2, 0.25) is 0 Å². The minimum atomic E-state index is -0.258. The molecule has 2 atom stereocenters. The fraction of sp³-hybridized carbons (Fsp3) is 0.667. The predicted molar refractivity (Wildman–Crippen MR) is 84.1 cm³/mol. The van der Waals surface area contributed by atoms with Gasteiger partial charge in [-0.2, -0.15) is 0 Å². The Hall–Kier alpha value is -1.17. The van der Waals surface area contributed by atoms with Crippen LogP contribution in [0.3, 0.4) is 0 Å². The van der Waals surface area contributed by atoms with Gasteiger partial charge in [-0.1, -0.05) is 6.42 Å². The van der Waals surface area contributed by atoms with Crippen molar-refractivity contribution in [1.29, 1.82) is 0 Å².